The molecular formula is C10H12N5Na2O6P. The number of nitrogens with two attached hydrogens (primary N) is 1. The van der Waals surface area contributed by atoms with Crippen molar-refractivity contribution in [2.45, 2.75) is 24.9 Å². The van der Waals surface area contributed by atoms with E-state index in [0.29, 0.717) is 11.2 Å². The maximum Gasteiger partial charge on any atom is 1.00 e. The maximum atomic E-state index is 10.5. The fourth-order valence-corrected chi connectivity index (χ4v) is 2.61. The molecule has 0 aromatic carbocycles. The van der Waals surface area contributed by atoms with Crippen LogP contribution in [0, 0.1) is 0 Å². The molecule has 3 heterocycles. The Morgan fingerprint density at radius 2 is 2.12 bits per heavy atom. The minimum Gasteiger partial charge on any atom is -0.790 e. The van der Waals surface area contributed by atoms with Crippen LogP contribution in [0.4, 0.5) is 5.82 Å². The molecule has 0 amide bonds. The predicted molar refractivity (Wildman–Crippen MR) is 67.8 cm³/mol. The average molecular weight is 390 g/mol. The van der Waals surface area contributed by atoms with E-state index in [-0.39, 0.29) is 71.4 Å². The SMILES string of the molecule is [15NH2][13c]1[15n][13cH][15n][13c]2[13c]1[15n][13cH][15n]2[13C@H]1[13CH2][13C@@H](O)[13C@@H]([13CH2]OP(=O)([O-])[O-])O1.[Na+].[Na+]. The quantitative estimate of drug-likeness (QED) is 0.221. The van der Waals surface area contributed by atoms with E-state index in [9.17, 15) is 19.5 Å². The van der Waals surface area contributed by atoms with Crippen LogP contribution in [0.15, 0.2) is 12.7 Å². The van der Waals surface area contributed by atoms with E-state index in [1.807, 2.05) is 0 Å². The summed E-state index contributed by atoms with van der Waals surface area (Å²) in [6.07, 6.45) is 0.285. The van der Waals surface area contributed by atoms with Crippen LogP contribution in [0.3, 0.4) is 0 Å². The Morgan fingerprint density at radius 1 is 1.42 bits per heavy atom. The second-order valence-electron chi connectivity index (χ2n) is 4.76. The number of aromatic nitrogens is 4. The zero-order valence-corrected chi connectivity index (χ0v) is 18.0. The number of aliphatic hydroxyl groups is 1. The van der Waals surface area contributed by atoms with Crippen molar-refractivity contribution in [2.24, 2.45) is 0 Å². The number of aliphatic hydroxyl groups excluding tert-OH is 1. The monoisotopic (exact) mass is 390 g/mol. The number of nitrogen functional groups attached to an aromatic ring is 1. The fraction of sp³-hybridized carbons (Fsp3) is 0.500. The molecule has 3 atom stereocenters. The molecule has 0 spiro atoms. The van der Waals surface area contributed by atoms with E-state index >= 15 is 0 Å². The Bertz CT molecular complexity index is 742. The van der Waals surface area contributed by atoms with Crippen LogP contribution in [-0.4, -0.2) is 43.4 Å². The third-order valence-electron chi connectivity index (χ3n) is 3.30. The Labute approximate surface area is 180 Å². The summed E-state index contributed by atoms with van der Waals surface area (Å²) >= 11 is 0. The molecule has 0 aliphatic carbocycles. The summed E-state index contributed by atoms with van der Waals surface area (Å²) in [7, 11) is -5.12. The average Bonchev–Trinajstić information content (AvgIpc) is 3.00. The molecule has 2 aromatic rings. The van der Waals surface area contributed by atoms with Crippen LogP contribution in [0.5, 0.6) is 0 Å². The normalized spacial score (nSPS) is 23.7. The van der Waals surface area contributed by atoms with Crippen LogP contribution in [0.25, 0.3) is 11.2 Å². The number of hydrogen-bond donors (Lipinski definition) is 2. The molecule has 0 bridgehead atoms. The van der Waals surface area contributed by atoms with E-state index in [2.05, 4.69) is 19.5 Å². The molecule has 1 aliphatic heterocycles. The van der Waals surface area contributed by atoms with Gasteiger partial charge in [0.25, 0.3) is 0 Å². The van der Waals surface area contributed by atoms with Crippen molar-refractivity contribution in [1.82, 2.24) is 19.5 Å². The number of phosphoric acid groups is 1. The number of rotatable bonds is 4. The van der Waals surface area contributed by atoms with Gasteiger partial charge in [-0.15, -0.1) is 0 Å². The maximum absolute atomic E-state index is 10.5. The van der Waals surface area contributed by atoms with Crippen molar-refractivity contribution in [2.75, 3.05) is 12.3 Å². The first kappa shape index (κ1) is 22.4. The van der Waals surface area contributed by atoms with Crippen LogP contribution in [0.1, 0.15) is 12.6 Å². The number of nitrogens with zero attached hydrogens (tertiary/aromatic N) is 4. The van der Waals surface area contributed by atoms with E-state index in [4.69, 9.17) is 10.5 Å². The zero-order valence-electron chi connectivity index (χ0n) is 13.1. The second-order valence-corrected chi connectivity index (χ2v) is 5.91. The zero-order chi connectivity index (χ0) is 15.9. The van der Waals surface area contributed by atoms with E-state index < -0.39 is 32.9 Å². The molecule has 3 rings (SSSR count). The predicted octanol–water partition coefficient (Wildman–Crippen LogP) is -8.09. The first-order valence-corrected chi connectivity index (χ1v) is 7.74. The number of ether oxygens (including phenoxy) is 1. The molecule has 24 heavy (non-hydrogen) atoms. The molecular weight excluding hydrogens is 378 g/mol. The first-order chi connectivity index (χ1) is 10.3. The molecule has 0 unspecified atom stereocenters. The van der Waals surface area contributed by atoms with E-state index in [1.54, 1.807) is 4.57 Å². The number of imidazole rings is 1. The van der Waals surface area contributed by atoms with Crippen molar-refractivity contribution < 1.29 is 87.8 Å². The molecule has 14 heteroatoms. The first-order valence-electron chi connectivity index (χ1n) is 6.28. The standard InChI is InChI=1S/C10H14N5O6P.2Na/c11-9-8-10(13-3-12-9)15(4-14-8)7-1-5(16)6(21-7)2-20-22(17,18)19;;/h3-7,16H,1-2H2,(H2,11,12,13)(H2,17,18,19);;/q;2*+1/p-2/t5-,6-,7-;;/m1../s1/i1+1,2+1,3+1,4+1,5+1,6+1,7+1,8+1,9+1,10+1,11+1,12+1,13+1,14+1,15+1;;. The topological polar surface area (TPSA) is 172 Å². The van der Waals surface area contributed by atoms with Gasteiger partial charge in [0.1, 0.15) is 24.2 Å². The van der Waals surface area contributed by atoms with Gasteiger partial charge in [-0.25, -0.2) is 15.0 Å². The molecule has 0 saturated carbocycles. The molecule has 1 saturated heterocycles. The van der Waals surface area contributed by atoms with Gasteiger partial charge in [0.2, 0.25) is 0 Å². The van der Waals surface area contributed by atoms with Crippen molar-refractivity contribution in [3.8, 4) is 0 Å². The molecule has 0 radical (unpaired) electrons. The number of phosphoric ester groups is 1. The second kappa shape index (κ2) is 8.85. The molecule has 1 aliphatic rings. The van der Waals surface area contributed by atoms with Crippen molar-refractivity contribution >= 4 is 24.8 Å². The largest absolute Gasteiger partial charge is 1.00 e. The molecule has 3 N–H and O–H groups in total. The Kier molecular flexibility index (Phi) is 8.27. The Morgan fingerprint density at radius 3 is 2.79 bits per heavy atom. The van der Waals surface area contributed by atoms with Gasteiger partial charge in [0.05, 0.1) is 26.9 Å². The van der Waals surface area contributed by atoms with Crippen LogP contribution < -0.4 is 74.6 Å². The summed E-state index contributed by atoms with van der Waals surface area (Å²) < 4.78 is 21.7. The summed E-state index contributed by atoms with van der Waals surface area (Å²) in [6, 6.07) is 0. The number of fused-ring (bicyclic) bond motifs is 1. The van der Waals surface area contributed by atoms with Gasteiger partial charge in [0, 0.05) is 6.42 Å². The fourth-order valence-electron chi connectivity index (χ4n) is 2.28. The van der Waals surface area contributed by atoms with Gasteiger partial charge < -0.3 is 34.5 Å². The van der Waals surface area contributed by atoms with Gasteiger partial charge in [0.15, 0.2) is 11.5 Å². The number of anilines is 1. The molecule has 1 fully saturated rings. The minimum atomic E-state index is -5.12. The van der Waals surface area contributed by atoms with Crippen LogP contribution >= 0.6 is 7.82 Å². The van der Waals surface area contributed by atoms with E-state index in [1.165, 1.54) is 12.7 Å². The van der Waals surface area contributed by atoms with Crippen LogP contribution in [-0.2, 0) is 13.8 Å². The van der Waals surface area contributed by atoms with Gasteiger partial charge >= 0.3 is 59.1 Å². The Hall–Kier alpha value is 0.380. The molecule has 2 aromatic heterocycles. The summed E-state index contributed by atoms with van der Waals surface area (Å²) in [5.74, 6) is 0.209. The van der Waals surface area contributed by atoms with E-state index in [0.717, 1.165) is 0 Å². The summed E-state index contributed by atoms with van der Waals surface area (Å²) in [5.41, 5.74) is 6.49. The third kappa shape index (κ3) is 4.97. The van der Waals surface area contributed by atoms with Crippen LogP contribution in [0.2, 0.25) is 0 Å². The van der Waals surface area contributed by atoms with Gasteiger partial charge in [-0.05, 0) is 0 Å². The summed E-state index contributed by atoms with van der Waals surface area (Å²) in [5, 5.41) is 9.89. The summed E-state index contributed by atoms with van der Waals surface area (Å²) in [4.78, 5) is 32.9. The van der Waals surface area contributed by atoms with Gasteiger partial charge in [-0.2, -0.15) is 0 Å². The minimum absolute atomic E-state index is 0. The van der Waals surface area contributed by atoms with Crippen molar-refractivity contribution in [3.63, 3.8) is 0 Å². The molecule has 120 valence electrons. The Balaban J connectivity index is 0.00000144. The van der Waals surface area contributed by atoms with Gasteiger partial charge in [-0.1, -0.05) is 0 Å². The smallest absolute Gasteiger partial charge is 0.790 e. The molecule has 11 nitrogen and oxygen atoms in total. The van der Waals surface area contributed by atoms with Crippen molar-refractivity contribution in [3.05, 3.63) is 12.7 Å². The third-order valence-corrected chi connectivity index (χ3v) is 3.76. The summed E-state index contributed by atoms with van der Waals surface area (Å²) in [6.45, 7) is -0.550. The van der Waals surface area contributed by atoms with Crippen molar-refractivity contribution in [1.29, 1.82) is 0 Å². The number of hydrogen-bond acceptors (Lipinski definition) is 10. The van der Waals surface area contributed by atoms with Gasteiger partial charge in [-0.3, -0.25) is 4.57 Å².